The van der Waals surface area contributed by atoms with Gasteiger partial charge in [0, 0.05) is 28.1 Å². The Bertz CT molecular complexity index is 650. The van der Waals surface area contributed by atoms with Gasteiger partial charge in [0.15, 0.2) is 0 Å². The van der Waals surface area contributed by atoms with Gasteiger partial charge in [0.2, 0.25) is 0 Å². The van der Waals surface area contributed by atoms with E-state index in [2.05, 4.69) is 31.2 Å². The molecule has 0 aliphatic heterocycles. The molecule has 112 valence electrons. The van der Waals surface area contributed by atoms with Crippen molar-refractivity contribution in [1.82, 2.24) is 9.97 Å². The number of benzene rings is 1. The van der Waals surface area contributed by atoms with Gasteiger partial charge in [-0.25, -0.2) is 14.4 Å². The molecule has 5 heteroatoms. The summed E-state index contributed by atoms with van der Waals surface area (Å²) in [5, 5.41) is 3.18. The predicted molar refractivity (Wildman–Crippen MR) is 88.0 cm³/mol. The Morgan fingerprint density at radius 1 is 1.19 bits per heavy atom. The lowest BCUT2D eigenvalue weighted by atomic mass is 9.95. The zero-order valence-corrected chi connectivity index (χ0v) is 14.3. The molecule has 0 spiro atoms. The lowest BCUT2D eigenvalue weighted by Crippen LogP contribution is -2.18. The van der Waals surface area contributed by atoms with Crippen LogP contribution in [-0.2, 0) is 5.41 Å². The van der Waals surface area contributed by atoms with Gasteiger partial charge >= 0.3 is 0 Å². The van der Waals surface area contributed by atoms with Gasteiger partial charge in [-0.2, -0.15) is 0 Å². The molecule has 0 unspecified atom stereocenters. The van der Waals surface area contributed by atoms with Crippen LogP contribution in [0.1, 0.15) is 33.5 Å². The van der Waals surface area contributed by atoms with Crippen molar-refractivity contribution in [2.45, 2.75) is 33.1 Å². The highest BCUT2D eigenvalue weighted by Gasteiger charge is 2.20. The van der Waals surface area contributed by atoms with E-state index in [1.165, 1.54) is 6.07 Å². The molecule has 21 heavy (non-hydrogen) atoms. The zero-order valence-electron chi connectivity index (χ0n) is 12.7. The quantitative estimate of drug-likeness (QED) is 0.864. The molecule has 0 aliphatic rings. The fourth-order valence-electron chi connectivity index (χ4n) is 1.89. The first-order valence-electron chi connectivity index (χ1n) is 6.90. The van der Waals surface area contributed by atoms with E-state index in [1.807, 2.05) is 27.7 Å². The summed E-state index contributed by atoms with van der Waals surface area (Å²) in [5.41, 5.74) is 0.851. The Labute approximate surface area is 133 Å². The molecular formula is C16H19BrFN3. The topological polar surface area (TPSA) is 37.8 Å². The lowest BCUT2D eigenvalue weighted by Gasteiger charge is -2.19. The van der Waals surface area contributed by atoms with Crippen molar-refractivity contribution in [3.8, 4) is 11.3 Å². The largest absolute Gasteiger partial charge is 0.370 e. The van der Waals surface area contributed by atoms with Gasteiger partial charge in [0.1, 0.15) is 17.5 Å². The Balaban J connectivity index is 2.62. The maximum absolute atomic E-state index is 14.1. The van der Waals surface area contributed by atoms with E-state index in [-0.39, 0.29) is 11.2 Å². The Hall–Kier alpha value is -1.49. The van der Waals surface area contributed by atoms with Crippen molar-refractivity contribution in [3.05, 3.63) is 40.4 Å². The van der Waals surface area contributed by atoms with Crippen LogP contribution < -0.4 is 5.32 Å². The van der Waals surface area contributed by atoms with Crippen LogP contribution >= 0.6 is 15.9 Å². The summed E-state index contributed by atoms with van der Waals surface area (Å²) in [6.45, 7) is 8.87. The highest BCUT2D eigenvalue weighted by atomic mass is 79.9. The summed E-state index contributed by atoms with van der Waals surface area (Å²) >= 11 is 3.38. The molecule has 0 saturated heterocycles. The van der Waals surface area contributed by atoms with Crippen LogP contribution in [0.3, 0.4) is 0 Å². The molecule has 0 radical (unpaired) electrons. The van der Waals surface area contributed by atoms with E-state index in [4.69, 9.17) is 0 Å². The third-order valence-corrected chi connectivity index (χ3v) is 3.45. The summed E-state index contributed by atoms with van der Waals surface area (Å²) in [5.74, 6) is 1.11. The molecule has 1 aromatic carbocycles. The first-order chi connectivity index (χ1) is 9.81. The van der Waals surface area contributed by atoms with E-state index in [0.717, 1.165) is 11.0 Å². The average molecular weight is 352 g/mol. The van der Waals surface area contributed by atoms with Gasteiger partial charge < -0.3 is 5.32 Å². The second kappa shape index (κ2) is 6.10. The number of anilines is 1. The third kappa shape index (κ3) is 3.79. The molecule has 0 atom stereocenters. The fraction of sp³-hybridized carbons (Fsp3) is 0.375. The van der Waals surface area contributed by atoms with Gasteiger partial charge in [-0.3, -0.25) is 0 Å². The number of rotatable bonds is 3. The summed E-state index contributed by atoms with van der Waals surface area (Å²) in [4.78, 5) is 9.06. The SMILES string of the molecule is CCNc1cc(-c2cc(Br)ccc2F)nc(C(C)(C)C)n1. The van der Waals surface area contributed by atoms with Crippen LogP contribution in [-0.4, -0.2) is 16.5 Å². The molecule has 0 bridgehead atoms. The predicted octanol–water partition coefficient (Wildman–Crippen LogP) is 4.77. The smallest absolute Gasteiger partial charge is 0.136 e. The highest BCUT2D eigenvalue weighted by molar-refractivity contribution is 9.10. The molecule has 3 nitrogen and oxygen atoms in total. The minimum absolute atomic E-state index is 0.206. The van der Waals surface area contributed by atoms with Gasteiger partial charge in [0.05, 0.1) is 5.69 Å². The Kier molecular flexibility index (Phi) is 4.61. The van der Waals surface area contributed by atoms with Crippen LogP contribution in [0.5, 0.6) is 0 Å². The van der Waals surface area contributed by atoms with Gasteiger partial charge in [-0.15, -0.1) is 0 Å². The standard InChI is InChI=1S/C16H19BrFN3/c1-5-19-14-9-13(20-15(21-14)16(2,3)4)11-8-10(17)6-7-12(11)18/h6-9H,5H2,1-4H3,(H,19,20,21). The van der Waals surface area contributed by atoms with Crippen LogP contribution in [0.2, 0.25) is 0 Å². The first-order valence-corrected chi connectivity index (χ1v) is 7.69. The molecule has 0 fully saturated rings. The number of halogens is 2. The van der Waals surface area contributed by atoms with Gasteiger partial charge in [-0.1, -0.05) is 36.7 Å². The maximum Gasteiger partial charge on any atom is 0.136 e. The monoisotopic (exact) mass is 351 g/mol. The van der Waals surface area contributed by atoms with Gasteiger partial charge in [0.25, 0.3) is 0 Å². The molecule has 0 amide bonds. The van der Waals surface area contributed by atoms with Crippen LogP contribution in [0, 0.1) is 5.82 Å². The molecule has 2 aromatic rings. The summed E-state index contributed by atoms with van der Waals surface area (Å²) in [7, 11) is 0. The number of hydrogen-bond acceptors (Lipinski definition) is 3. The minimum atomic E-state index is -0.292. The molecule has 0 saturated carbocycles. The number of hydrogen-bond donors (Lipinski definition) is 1. The number of aromatic nitrogens is 2. The maximum atomic E-state index is 14.1. The van der Waals surface area contributed by atoms with Crippen molar-refractivity contribution in [1.29, 1.82) is 0 Å². The average Bonchev–Trinajstić information content (AvgIpc) is 2.40. The van der Waals surface area contributed by atoms with Crippen LogP contribution in [0.4, 0.5) is 10.2 Å². The normalized spacial score (nSPS) is 11.5. The van der Waals surface area contributed by atoms with Crippen molar-refractivity contribution in [2.24, 2.45) is 0 Å². The Morgan fingerprint density at radius 3 is 2.52 bits per heavy atom. The minimum Gasteiger partial charge on any atom is -0.370 e. The van der Waals surface area contributed by atoms with Gasteiger partial charge in [-0.05, 0) is 25.1 Å². The molecular weight excluding hydrogens is 333 g/mol. The van der Waals surface area contributed by atoms with Crippen molar-refractivity contribution in [2.75, 3.05) is 11.9 Å². The van der Waals surface area contributed by atoms with E-state index in [0.29, 0.717) is 22.9 Å². The second-order valence-electron chi connectivity index (χ2n) is 5.87. The molecule has 1 heterocycles. The fourth-order valence-corrected chi connectivity index (χ4v) is 2.25. The van der Waals surface area contributed by atoms with Crippen LogP contribution in [0.25, 0.3) is 11.3 Å². The molecule has 0 aliphatic carbocycles. The Morgan fingerprint density at radius 2 is 1.90 bits per heavy atom. The van der Waals surface area contributed by atoms with E-state index in [1.54, 1.807) is 18.2 Å². The molecule has 1 N–H and O–H groups in total. The van der Waals surface area contributed by atoms with E-state index in [9.17, 15) is 4.39 Å². The van der Waals surface area contributed by atoms with Crippen molar-refractivity contribution >= 4 is 21.7 Å². The summed E-state index contributed by atoms with van der Waals surface area (Å²) in [6.07, 6.45) is 0. The summed E-state index contributed by atoms with van der Waals surface area (Å²) < 4.78 is 14.9. The molecule has 1 aromatic heterocycles. The highest BCUT2D eigenvalue weighted by Crippen LogP contribution is 2.29. The lowest BCUT2D eigenvalue weighted by molar-refractivity contribution is 0.546. The number of nitrogens with one attached hydrogen (secondary N) is 1. The number of nitrogens with zero attached hydrogens (tertiary/aromatic N) is 2. The van der Waals surface area contributed by atoms with Crippen molar-refractivity contribution < 1.29 is 4.39 Å². The van der Waals surface area contributed by atoms with Crippen molar-refractivity contribution in [3.63, 3.8) is 0 Å². The first kappa shape index (κ1) is 15.9. The van der Waals surface area contributed by atoms with Crippen LogP contribution in [0.15, 0.2) is 28.7 Å². The van der Waals surface area contributed by atoms with E-state index >= 15 is 0 Å². The second-order valence-corrected chi connectivity index (χ2v) is 6.78. The third-order valence-electron chi connectivity index (χ3n) is 2.96. The zero-order chi connectivity index (χ0) is 15.6. The molecule has 2 rings (SSSR count). The van der Waals surface area contributed by atoms with E-state index < -0.39 is 0 Å². The summed E-state index contributed by atoms with van der Waals surface area (Å²) in [6, 6.07) is 6.63.